The van der Waals surface area contributed by atoms with Crippen LogP contribution in [0.5, 0.6) is 0 Å². The zero-order valence-electron chi connectivity index (χ0n) is 10.7. The zero-order valence-corrected chi connectivity index (χ0v) is 10.7. The first kappa shape index (κ1) is 13.2. The Bertz CT molecular complexity index is 334. The summed E-state index contributed by atoms with van der Waals surface area (Å²) in [4.78, 5) is 0. The Balaban J connectivity index is 2.57. The number of nitrogens with one attached hydrogen (secondary N) is 1. The summed E-state index contributed by atoms with van der Waals surface area (Å²) in [5, 5.41) is 3.30. The van der Waals surface area contributed by atoms with E-state index < -0.39 is 0 Å². The van der Waals surface area contributed by atoms with Gasteiger partial charge in [-0.3, -0.25) is 0 Å². The quantitative estimate of drug-likeness (QED) is 0.807. The van der Waals surface area contributed by atoms with E-state index in [1.165, 1.54) is 0 Å². The molecule has 1 N–H and O–H groups in total. The Hall–Kier alpha value is -0.890. The summed E-state index contributed by atoms with van der Waals surface area (Å²) in [7, 11) is 1.99. The van der Waals surface area contributed by atoms with Crippen LogP contribution in [0.25, 0.3) is 0 Å². The maximum absolute atomic E-state index is 13.3. The van der Waals surface area contributed by atoms with Gasteiger partial charge in [-0.1, -0.05) is 26.0 Å². The Morgan fingerprint density at radius 3 is 2.50 bits per heavy atom. The number of rotatable bonds is 5. The van der Waals surface area contributed by atoms with E-state index in [1.54, 1.807) is 13.0 Å². The lowest BCUT2D eigenvalue weighted by atomic mass is 9.96. The minimum atomic E-state index is -0.0944. The Kier molecular flexibility index (Phi) is 4.94. The minimum absolute atomic E-state index is 0.0944. The van der Waals surface area contributed by atoms with Crippen molar-refractivity contribution >= 4 is 0 Å². The van der Waals surface area contributed by atoms with E-state index in [-0.39, 0.29) is 5.82 Å². The first-order valence-electron chi connectivity index (χ1n) is 5.97. The number of aryl methyl sites for hydroxylation is 2. The minimum Gasteiger partial charge on any atom is -0.317 e. The third-order valence-electron chi connectivity index (χ3n) is 3.16. The SMILES string of the molecule is CNC(CCc1ccc(C)c(F)c1)C(C)C. The molecule has 1 nitrogen and oxygen atoms in total. The molecule has 0 aliphatic carbocycles. The summed E-state index contributed by atoms with van der Waals surface area (Å²) in [5.41, 5.74) is 1.81. The third kappa shape index (κ3) is 3.60. The topological polar surface area (TPSA) is 12.0 Å². The molecule has 0 aromatic heterocycles. The largest absolute Gasteiger partial charge is 0.317 e. The van der Waals surface area contributed by atoms with Gasteiger partial charge in [0.05, 0.1) is 0 Å². The van der Waals surface area contributed by atoms with Gasteiger partial charge in [0, 0.05) is 6.04 Å². The molecule has 1 aromatic rings. The van der Waals surface area contributed by atoms with Crippen LogP contribution in [0.15, 0.2) is 18.2 Å². The van der Waals surface area contributed by atoms with E-state index in [0.29, 0.717) is 12.0 Å². The fraction of sp³-hybridized carbons (Fsp3) is 0.571. The van der Waals surface area contributed by atoms with Gasteiger partial charge in [0.1, 0.15) is 5.82 Å². The summed E-state index contributed by atoms with van der Waals surface area (Å²) < 4.78 is 13.3. The van der Waals surface area contributed by atoms with Crippen LogP contribution in [-0.2, 0) is 6.42 Å². The molecule has 0 bridgehead atoms. The molecule has 1 atom stereocenters. The van der Waals surface area contributed by atoms with Crippen molar-refractivity contribution in [3.63, 3.8) is 0 Å². The number of hydrogen-bond donors (Lipinski definition) is 1. The average molecular weight is 223 g/mol. The number of halogens is 1. The molecule has 1 rings (SSSR count). The highest BCUT2D eigenvalue weighted by Gasteiger charge is 2.10. The molecule has 0 amide bonds. The van der Waals surface area contributed by atoms with Crippen molar-refractivity contribution in [2.75, 3.05) is 7.05 Å². The van der Waals surface area contributed by atoms with Crippen molar-refractivity contribution in [3.8, 4) is 0 Å². The summed E-state index contributed by atoms with van der Waals surface area (Å²) in [5.74, 6) is 0.517. The highest BCUT2D eigenvalue weighted by atomic mass is 19.1. The van der Waals surface area contributed by atoms with E-state index in [1.807, 2.05) is 19.2 Å². The van der Waals surface area contributed by atoms with Gasteiger partial charge < -0.3 is 5.32 Å². The van der Waals surface area contributed by atoms with E-state index >= 15 is 0 Å². The van der Waals surface area contributed by atoms with Gasteiger partial charge in [0.15, 0.2) is 0 Å². The lowest BCUT2D eigenvalue weighted by Crippen LogP contribution is -2.31. The smallest absolute Gasteiger partial charge is 0.126 e. The molecule has 2 heteroatoms. The van der Waals surface area contributed by atoms with Crippen LogP contribution in [0, 0.1) is 18.7 Å². The average Bonchev–Trinajstić information content (AvgIpc) is 2.23. The fourth-order valence-electron chi connectivity index (χ4n) is 1.93. The molecule has 0 radical (unpaired) electrons. The maximum Gasteiger partial charge on any atom is 0.126 e. The van der Waals surface area contributed by atoms with Crippen LogP contribution in [0.4, 0.5) is 4.39 Å². The van der Waals surface area contributed by atoms with Crippen LogP contribution >= 0.6 is 0 Å². The fourth-order valence-corrected chi connectivity index (χ4v) is 1.93. The second kappa shape index (κ2) is 6.00. The standard InChI is InChI=1S/C14H22FN/c1-10(2)14(16-4)8-7-12-6-5-11(3)13(15)9-12/h5-6,9-10,14,16H,7-8H2,1-4H3. The highest BCUT2D eigenvalue weighted by Crippen LogP contribution is 2.14. The molecule has 0 saturated carbocycles. The second-order valence-corrected chi connectivity index (χ2v) is 4.76. The van der Waals surface area contributed by atoms with Gasteiger partial charge in [-0.2, -0.15) is 0 Å². The number of benzene rings is 1. The molecule has 0 fully saturated rings. The molecule has 0 aliphatic heterocycles. The molecule has 1 unspecified atom stereocenters. The van der Waals surface area contributed by atoms with Gasteiger partial charge in [-0.15, -0.1) is 0 Å². The van der Waals surface area contributed by atoms with Crippen molar-refractivity contribution in [2.45, 2.75) is 39.7 Å². The molecule has 0 aliphatic rings. The van der Waals surface area contributed by atoms with Gasteiger partial charge in [-0.25, -0.2) is 4.39 Å². The molecule has 1 aromatic carbocycles. The maximum atomic E-state index is 13.3. The summed E-state index contributed by atoms with van der Waals surface area (Å²) in [6.07, 6.45) is 1.98. The molecule has 0 heterocycles. The molecule has 0 saturated heterocycles. The zero-order chi connectivity index (χ0) is 12.1. The van der Waals surface area contributed by atoms with E-state index in [9.17, 15) is 4.39 Å². The molecule has 0 spiro atoms. The molecular weight excluding hydrogens is 201 g/mol. The lowest BCUT2D eigenvalue weighted by Gasteiger charge is -2.20. The van der Waals surface area contributed by atoms with Crippen LogP contribution in [-0.4, -0.2) is 13.1 Å². The van der Waals surface area contributed by atoms with Crippen molar-refractivity contribution in [3.05, 3.63) is 35.1 Å². The van der Waals surface area contributed by atoms with Crippen molar-refractivity contribution in [1.82, 2.24) is 5.32 Å². The molecule has 16 heavy (non-hydrogen) atoms. The normalized spacial score (nSPS) is 13.1. The van der Waals surface area contributed by atoms with Crippen molar-refractivity contribution in [2.24, 2.45) is 5.92 Å². The van der Waals surface area contributed by atoms with Gasteiger partial charge in [0.25, 0.3) is 0 Å². The van der Waals surface area contributed by atoms with E-state index in [0.717, 1.165) is 24.0 Å². The Morgan fingerprint density at radius 1 is 1.31 bits per heavy atom. The van der Waals surface area contributed by atoms with Crippen LogP contribution in [0.1, 0.15) is 31.4 Å². The Labute approximate surface area is 98.1 Å². The van der Waals surface area contributed by atoms with Crippen LogP contribution < -0.4 is 5.32 Å². The monoisotopic (exact) mass is 223 g/mol. The van der Waals surface area contributed by atoms with Crippen molar-refractivity contribution < 1.29 is 4.39 Å². The third-order valence-corrected chi connectivity index (χ3v) is 3.16. The molecule has 90 valence electrons. The predicted octanol–water partition coefficient (Wildman–Crippen LogP) is 3.31. The van der Waals surface area contributed by atoms with Crippen molar-refractivity contribution in [1.29, 1.82) is 0 Å². The van der Waals surface area contributed by atoms with Crippen LogP contribution in [0.2, 0.25) is 0 Å². The number of hydrogen-bond acceptors (Lipinski definition) is 1. The highest BCUT2D eigenvalue weighted by molar-refractivity contribution is 5.23. The van der Waals surface area contributed by atoms with Gasteiger partial charge in [-0.05, 0) is 49.9 Å². The van der Waals surface area contributed by atoms with Crippen LogP contribution in [0.3, 0.4) is 0 Å². The van der Waals surface area contributed by atoms with Gasteiger partial charge >= 0.3 is 0 Å². The summed E-state index contributed by atoms with van der Waals surface area (Å²) in [6, 6.07) is 6.03. The first-order valence-corrected chi connectivity index (χ1v) is 5.97. The summed E-state index contributed by atoms with van der Waals surface area (Å²) in [6.45, 7) is 6.21. The van der Waals surface area contributed by atoms with E-state index in [4.69, 9.17) is 0 Å². The lowest BCUT2D eigenvalue weighted by molar-refractivity contribution is 0.402. The predicted molar refractivity (Wildman–Crippen MR) is 67.1 cm³/mol. The second-order valence-electron chi connectivity index (χ2n) is 4.76. The Morgan fingerprint density at radius 2 is 2.00 bits per heavy atom. The molecular formula is C14H22FN. The summed E-state index contributed by atoms with van der Waals surface area (Å²) >= 11 is 0. The van der Waals surface area contributed by atoms with E-state index in [2.05, 4.69) is 19.2 Å². The van der Waals surface area contributed by atoms with Gasteiger partial charge in [0.2, 0.25) is 0 Å². The first-order chi connectivity index (χ1) is 7.54.